The summed E-state index contributed by atoms with van der Waals surface area (Å²) in [4.78, 5) is 34.1. The lowest BCUT2D eigenvalue weighted by Crippen LogP contribution is -2.59. The second-order valence-electron chi connectivity index (χ2n) is 6.39. The molecule has 0 saturated carbocycles. The number of carbonyl (C=O) groups is 1. The van der Waals surface area contributed by atoms with Gasteiger partial charge in [0.15, 0.2) is 0 Å². The van der Waals surface area contributed by atoms with Crippen LogP contribution in [-0.2, 0) is 19.6 Å². The second-order valence-corrected chi connectivity index (χ2v) is 9.25. The Balaban J connectivity index is 0.00000103. The molecule has 1 aliphatic rings. The molecular weight excluding hydrogens is 440 g/mol. The van der Waals surface area contributed by atoms with Crippen LogP contribution in [0, 0.1) is 15.0 Å². The largest absolute Gasteiger partial charge is 0.465 e. The Bertz CT molecular complexity index is 810. The highest BCUT2D eigenvalue weighted by atomic mass is 32.2. The van der Waals surface area contributed by atoms with Crippen LogP contribution in [0.3, 0.4) is 0 Å². The van der Waals surface area contributed by atoms with Crippen molar-refractivity contribution in [2.24, 2.45) is 4.58 Å². The zero-order valence-corrected chi connectivity index (χ0v) is 18.1. The molecule has 0 amide bonds. The van der Waals surface area contributed by atoms with Crippen molar-refractivity contribution in [1.29, 1.82) is 0 Å². The summed E-state index contributed by atoms with van der Waals surface area (Å²) >= 11 is 0.715. The first kappa shape index (κ1) is 25.7. The maximum atomic E-state index is 12.8. The Morgan fingerprint density at radius 3 is 2.40 bits per heavy atom. The van der Waals surface area contributed by atoms with E-state index in [0.717, 1.165) is 0 Å². The summed E-state index contributed by atoms with van der Waals surface area (Å²) in [7, 11) is -2.04. The first-order chi connectivity index (χ1) is 14.1. The topological polar surface area (TPSA) is 169 Å². The van der Waals surface area contributed by atoms with Gasteiger partial charge in [-0.1, -0.05) is 18.2 Å². The fraction of sp³-hybridized carbons (Fsp3) is 0.562. The summed E-state index contributed by atoms with van der Waals surface area (Å²) in [5.74, 6) is -0.701. The van der Waals surface area contributed by atoms with Crippen molar-refractivity contribution in [3.05, 3.63) is 45.4 Å². The van der Waals surface area contributed by atoms with Crippen LogP contribution in [0.15, 0.2) is 39.8 Å². The number of carbonyl (C=O) groups excluding carboxylic acids is 1. The molecule has 14 heteroatoms. The van der Waals surface area contributed by atoms with Crippen LogP contribution in [0.4, 0.5) is 0 Å². The van der Waals surface area contributed by atoms with Crippen molar-refractivity contribution < 1.29 is 28.2 Å². The predicted molar refractivity (Wildman–Crippen MR) is 109 cm³/mol. The van der Waals surface area contributed by atoms with E-state index in [-0.39, 0.29) is 11.5 Å². The third-order valence-corrected chi connectivity index (χ3v) is 6.95. The Hall–Kier alpha value is -2.29. The lowest BCUT2D eigenvalue weighted by atomic mass is 9.88. The van der Waals surface area contributed by atoms with E-state index in [4.69, 9.17) is 20.1 Å². The van der Waals surface area contributed by atoms with Gasteiger partial charge in [-0.15, -0.1) is 15.0 Å². The first-order valence-electron chi connectivity index (χ1n) is 8.84. The fourth-order valence-electron chi connectivity index (χ4n) is 2.92. The van der Waals surface area contributed by atoms with Crippen LogP contribution in [0.25, 0.3) is 0 Å². The molecule has 0 radical (unpaired) electrons. The van der Waals surface area contributed by atoms with E-state index in [1.807, 2.05) is 7.05 Å². The number of esters is 1. The van der Waals surface area contributed by atoms with Crippen molar-refractivity contribution >= 4 is 27.9 Å². The van der Waals surface area contributed by atoms with Gasteiger partial charge < -0.3 is 14.8 Å². The number of hydrogen-bond acceptors (Lipinski definition) is 10. The number of piperidine rings is 1. The Morgan fingerprint density at radius 2 is 1.93 bits per heavy atom. The highest BCUT2D eigenvalue weighted by molar-refractivity contribution is 7.99. The van der Waals surface area contributed by atoms with Crippen molar-refractivity contribution in [3.63, 3.8) is 0 Å². The minimum Gasteiger partial charge on any atom is -0.465 e. The van der Waals surface area contributed by atoms with Crippen molar-refractivity contribution in [2.75, 3.05) is 26.7 Å². The summed E-state index contributed by atoms with van der Waals surface area (Å²) in [6, 6.07) is 6.58. The maximum Gasteiger partial charge on any atom is 0.325 e. The standard InChI is InChI=1S/C16H23N3O5S2.HNO3/c1-3-24-15(20)14(16(25-18-21)9-11-19(2)12-10-16)17-26(22,23)13-7-5-4-6-8-13;2-1(3)4/h4-8,14,17H,3,9-12H2,1-2H3;(H,2,3,4). The Morgan fingerprint density at radius 1 is 1.40 bits per heavy atom. The van der Waals surface area contributed by atoms with E-state index in [2.05, 4.69) is 14.2 Å². The van der Waals surface area contributed by atoms with Gasteiger partial charge in [0, 0.05) is 16.5 Å². The average molecular weight is 465 g/mol. The van der Waals surface area contributed by atoms with Gasteiger partial charge in [-0.3, -0.25) is 4.79 Å². The molecule has 1 aliphatic heterocycles. The van der Waals surface area contributed by atoms with Gasteiger partial charge >= 0.3 is 5.97 Å². The zero-order valence-electron chi connectivity index (χ0n) is 16.5. The number of benzene rings is 1. The SMILES string of the molecule is CCOC(=O)C(NS(=O)(=O)c1ccccc1)C1(SN=O)CCN(C)CC1.O=[N+]([O-])O. The van der Waals surface area contributed by atoms with Crippen LogP contribution in [0.1, 0.15) is 19.8 Å². The number of rotatable bonds is 8. The van der Waals surface area contributed by atoms with E-state index < -0.39 is 31.9 Å². The molecule has 1 unspecified atom stereocenters. The lowest BCUT2D eigenvalue weighted by molar-refractivity contribution is -0.742. The Labute approximate surface area is 178 Å². The quantitative estimate of drug-likeness (QED) is 0.189. The van der Waals surface area contributed by atoms with Crippen LogP contribution in [-0.4, -0.2) is 67.1 Å². The van der Waals surface area contributed by atoms with E-state index >= 15 is 0 Å². The van der Waals surface area contributed by atoms with Crippen LogP contribution in [0.5, 0.6) is 0 Å². The molecule has 0 aliphatic carbocycles. The average Bonchev–Trinajstić information content (AvgIpc) is 2.69. The van der Waals surface area contributed by atoms with Gasteiger partial charge in [0.05, 0.1) is 16.2 Å². The van der Waals surface area contributed by atoms with Crippen LogP contribution in [0.2, 0.25) is 0 Å². The van der Waals surface area contributed by atoms with Gasteiger partial charge in [-0.25, -0.2) is 8.42 Å². The predicted octanol–water partition coefficient (Wildman–Crippen LogP) is 1.43. The molecule has 2 rings (SSSR count). The highest BCUT2D eigenvalue weighted by Crippen LogP contribution is 2.40. The fourth-order valence-corrected chi connectivity index (χ4v) is 5.06. The highest BCUT2D eigenvalue weighted by Gasteiger charge is 2.49. The molecule has 30 heavy (non-hydrogen) atoms. The third kappa shape index (κ3) is 7.51. The zero-order chi connectivity index (χ0) is 22.8. The molecule has 2 N–H and O–H groups in total. The first-order valence-corrected chi connectivity index (χ1v) is 11.1. The molecular formula is C16H24N4O8S2. The van der Waals surface area contributed by atoms with Gasteiger partial charge in [0.25, 0.3) is 5.09 Å². The van der Waals surface area contributed by atoms with Crippen molar-refractivity contribution in [1.82, 2.24) is 9.62 Å². The summed E-state index contributed by atoms with van der Waals surface area (Å²) in [6.45, 7) is 2.99. The monoisotopic (exact) mass is 464 g/mol. The summed E-state index contributed by atoms with van der Waals surface area (Å²) in [5, 5.41) is 13.6. The molecule has 0 aromatic heterocycles. The smallest absolute Gasteiger partial charge is 0.325 e. The third-order valence-electron chi connectivity index (χ3n) is 4.43. The Kier molecular flexibility index (Phi) is 10.1. The molecule has 12 nitrogen and oxygen atoms in total. The molecule has 1 saturated heterocycles. The molecule has 1 heterocycles. The number of nitrogens with one attached hydrogen (secondary N) is 1. The number of sulfonamides is 1. The molecule has 1 aromatic rings. The molecule has 168 valence electrons. The number of ether oxygens (including phenoxy) is 1. The van der Waals surface area contributed by atoms with Gasteiger partial charge in [-0.05, 0) is 52.0 Å². The van der Waals surface area contributed by atoms with E-state index in [0.29, 0.717) is 37.9 Å². The lowest BCUT2D eigenvalue weighted by Gasteiger charge is -2.41. The molecule has 0 spiro atoms. The summed E-state index contributed by atoms with van der Waals surface area (Å²) in [6.07, 6.45) is 0.862. The molecule has 1 aromatic carbocycles. The summed E-state index contributed by atoms with van der Waals surface area (Å²) in [5.41, 5.74) is 0. The number of likely N-dealkylation sites (tertiary alicyclic amines) is 1. The molecule has 1 fully saturated rings. The maximum absolute atomic E-state index is 12.8. The van der Waals surface area contributed by atoms with E-state index in [9.17, 15) is 18.1 Å². The van der Waals surface area contributed by atoms with Crippen molar-refractivity contribution in [3.8, 4) is 0 Å². The number of nitroso groups, excluding NO2 is 1. The van der Waals surface area contributed by atoms with E-state index in [1.165, 1.54) is 12.1 Å². The second kappa shape index (κ2) is 11.8. The normalized spacial score (nSPS) is 17.1. The van der Waals surface area contributed by atoms with Crippen LogP contribution < -0.4 is 4.72 Å². The molecule has 0 bridgehead atoms. The van der Waals surface area contributed by atoms with Gasteiger partial charge in [0.2, 0.25) is 10.0 Å². The van der Waals surface area contributed by atoms with Gasteiger partial charge in [-0.2, -0.15) is 4.72 Å². The number of nitrogens with zero attached hydrogens (tertiary/aromatic N) is 3. The number of hydrogen-bond donors (Lipinski definition) is 2. The van der Waals surface area contributed by atoms with Gasteiger partial charge in [0.1, 0.15) is 6.04 Å². The molecule has 1 atom stereocenters. The minimum atomic E-state index is -3.96. The van der Waals surface area contributed by atoms with Crippen molar-refractivity contribution in [2.45, 2.75) is 35.4 Å². The summed E-state index contributed by atoms with van der Waals surface area (Å²) < 4.78 is 35.0. The minimum absolute atomic E-state index is 0.0430. The van der Waals surface area contributed by atoms with E-state index in [1.54, 1.807) is 25.1 Å². The van der Waals surface area contributed by atoms with Crippen LogP contribution >= 0.6 is 11.9 Å².